The number of benzene rings is 2. The van der Waals surface area contributed by atoms with Crippen molar-refractivity contribution in [3.05, 3.63) is 36.4 Å². The normalized spacial score (nSPS) is 11.8. The molecule has 0 saturated heterocycles. The summed E-state index contributed by atoms with van der Waals surface area (Å²) in [7, 11) is -3.26. The van der Waals surface area contributed by atoms with Crippen molar-refractivity contribution < 1.29 is 13.5 Å². The van der Waals surface area contributed by atoms with E-state index in [1.165, 1.54) is 18.2 Å². The van der Waals surface area contributed by atoms with E-state index in [0.717, 1.165) is 11.6 Å². The summed E-state index contributed by atoms with van der Waals surface area (Å²) in [5.41, 5.74) is 0. The SMILES string of the molecule is CS(=O)(=O)c1cccc2ccc(O)cc12. The van der Waals surface area contributed by atoms with Gasteiger partial charge in [-0.25, -0.2) is 8.42 Å². The molecule has 2 rings (SSSR count). The number of rotatable bonds is 1. The van der Waals surface area contributed by atoms with Crippen LogP contribution in [-0.2, 0) is 9.84 Å². The lowest BCUT2D eigenvalue weighted by Gasteiger charge is -2.04. The molecule has 0 aliphatic rings. The van der Waals surface area contributed by atoms with Gasteiger partial charge in [-0.15, -0.1) is 0 Å². The number of hydrogen-bond donors (Lipinski definition) is 1. The Morgan fingerprint density at radius 1 is 1.13 bits per heavy atom. The molecule has 0 aromatic heterocycles. The predicted octanol–water partition coefficient (Wildman–Crippen LogP) is 1.95. The number of phenols is 1. The van der Waals surface area contributed by atoms with E-state index in [0.29, 0.717) is 5.39 Å². The van der Waals surface area contributed by atoms with Gasteiger partial charge < -0.3 is 5.11 Å². The van der Waals surface area contributed by atoms with Crippen LogP contribution in [0.2, 0.25) is 0 Å². The van der Waals surface area contributed by atoms with Crippen LogP contribution in [0.4, 0.5) is 0 Å². The molecular weight excluding hydrogens is 212 g/mol. The second-order valence-corrected chi connectivity index (χ2v) is 5.42. The minimum absolute atomic E-state index is 0.0681. The van der Waals surface area contributed by atoms with E-state index in [1.807, 2.05) is 6.07 Å². The van der Waals surface area contributed by atoms with E-state index in [1.54, 1.807) is 12.1 Å². The van der Waals surface area contributed by atoms with Gasteiger partial charge in [0.15, 0.2) is 9.84 Å². The van der Waals surface area contributed by atoms with E-state index in [9.17, 15) is 13.5 Å². The van der Waals surface area contributed by atoms with Gasteiger partial charge in [-0.3, -0.25) is 0 Å². The summed E-state index contributed by atoms with van der Waals surface area (Å²) in [5.74, 6) is 0.0681. The van der Waals surface area contributed by atoms with Crippen LogP contribution in [0.3, 0.4) is 0 Å². The smallest absolute Gasteiger partial charge is 0.176 e. The standard InChI is InChI=1S/C11H10O3S/c1-15(13,14)11-4-2-3-8-5-6-9(12)7-10(8)11/h2-7,12H,1H3. The first-order chi connectivity index (χ1) is 6.98. The summed E-state index contributed by atoms with van der Waals surface area (Å²) in [4.78, 5) is 0.246. The Bertz CT molecular complexity index is 615. The molecule has 1 N–H and O–H groups in total. The lowest BCUT2D eigenvalue weighted by atomic mass is 10.1. The van der Waals surface area contributed by atoms with Crippen molar-refractivity contribution in [2.24, 2.45) is 0 Å². The average molecular weight is 222 g/mol. The van der Waals surface area contributed by atoms with Gasteiger partial charge in [0.2, 0.25) is 0 Å². The summed E-state index contributed by atoms with van der Waals surface area (Å²) in [6.07, 6.45) is 1.16. The van der Waals surface area contributed by atoms with Crippen molar-refractivity contribution in [2.75, 3.05) is 6.26 Å². The average Bonchev–Trinajstić information content (AvgIpc) is 2.15. The minimum atomic E-state index is -3.26. The van der Waals surface area contributed by atoms with Crippen molar-refractivity contribution >= 4 is 20.6 Å². The van der Waals surface area contributed by atoms with Crippen LogP contribution < -0.4 is 0 Å². The fourth-order valence-corrected chi connectivity index (χ4v) is 2.46. The maximum atomic E-state index is 11.5. The van der Waals surface area contributed by atoms with Crippen molar-refractivity contribution in [3.8, 4) is 5.75 Å². The summed E-state index contributed by atoms with van der Waals surface area (Å²) in [6.45, 7) is 0. The van der Waals surface area contributed by atoms with Gasteiger partial charge in [-0.05, 0) is 23.6 Å². The van der Waals surface area contributed by atoms with Gasteiger partial charge in [-0.2, -0.15) is 0 Å². The first-order valence-electron chi connectivity index (χ1n) is 4.40. The zero-order valence-electron chi connectivity index (χ0n) is 8.14. The molecule has 2 aromatic carbocycles. The van der Waals surface area contributed by atoms with Gasteiger partial charge >= 0.3 is 0 Å². The molecule has 0 radical (unpaired) electrons. The molecule has 0 bridgehead atoms. The zero-order valence-corrected chi connectivity index (χ0v) is 8.95. The Hall–Kier alpha value is -1.55. The Balaban J connectivity index is 2.92. The number of hydrogen-bond acceptors (Lipinski definition) is 3. The van der Waals surface area contributed by atoms with E-state index in [4.69, 9.17) is 0 Å². The summed E-state index contributed by atoms with van der Waals surface area (Å²) < 4.78 is 23.0. The van der Waals surface area contributed by atoms with Crippen molar-refractivity contribution in [2.45, 2.75) is 4.90 Å². The lowest BCUT2D eigenvalue weighted by Crippen LogP contribution is -1.97. The second kappa shape index (κ2) is 3.24. The van der Waals surface area contributed by atoms with Gasteiger partial charge in [0.05, 0.1) is 4.90 Å². The highest BCUT2D eigenvalue weighted by atomic mass is 32.2. The molecule has 0 atom stereocenters. The molecule has 0 spiro atoms. The number of aromatic hydroxyl groups is 1. The Morgan fingerprint density at radius 3 is 2.53 bits per heavy atom. The quantitative estimate of drug-likeness (QED) is 0.802. The van der Waals surface area contributed by atoms with E-state index < -0.39 is 9.84 Å². The zero-order chi connectivity index (χ0) is 11.1. The largest absolute Gasteiger partial charge is 0.508 e. The first kappa shape index (κ1) is 9.98. The fourth-order valence-electron chi connectivity index (χ4n) is 1.56. The molecule has 2 aromatic rings. The summed E-state index contributed by atoms with van der Waals surface area (Å²) in [6, 6.07) is 9.73. The molecule has 0 saturated carbocycles. The third kappa shape index (κ3) is 1.80. The van der Waals surface area contributed by atoms with Crippen LogP contribution in [0, 0.1) is 0 Å². The van der Waals surface area contributed by atoms with Gasteiger partial charge in [-0.1, -0.05) is 18.2 Å². The van der Waals surface area contributed by atoms with E-state index in [-0.39, 0.29) is 10.6 Å². The number of phenolic OH excluding ortho intramolecular Hbond substituents is 1. The van der Waals surface area contributed by atoms with Crippen LogP contribution >= 0.6 is 0 Å². The van der Waals surface area contributed by atoms with Crippen molar-refractivity contribution in [1.29, 1.82) is 0 Å². The Labute approximate surface area is 87.9 Å². The minimum Gasteiger partial charge on any atom is -0.508 e. The van der Waals surface area contributed by atoms with E-state index >= 15 is 0 Å². The van der Waals surface area contributed by atoms with Crippen LogP contribution in [0.5, 0.6) is 5.75 Å². The summed E-state index contributed by atoms with van der Waals surface area (Å²) in [5, 5.41) is 10.7. The topological polar surface area (TPSA) is 54.4 Å². The predicted molar refractivity (Wildman–Crippen MR) is 58.7 cm³/mol. The highest BCUT2D eigenvalue weighted by Crippen LogP contribution is 2.26. The monoisotopic (exact) mass is 222 g/mol. The maximum Gasteiger partial charge on any atom is 0.176 e. The third-order valence-electron chi connectivity index (χ3n) is 2.23. The highest BCUT2D eigenvalue weighted by molar-refractivity contribution is 7.91. The molecule has 15 heavy (non-hydrogen) atoms. The third-order valence-corrected chi connectivity index (χ3v) is 3.38. The molecule has 4 heteroatoms. The molecule has 0 unspecified atom stereocenters. The number of sulfone groups is 1. The second-order valence-electron chi connectivity index (χ2n) is 3.43. The molecule has 78 valence electrons. The highest BCUT2D eigenvalue weighted by Gasteiger charge is 2.11. The molecule has 0 aliphatic carbocycles. The Kier molecular flexibility index (Phi) is 2.16. The van der Waals surface area contributed by atoms with Gasteiger partial charge in [0.1, 0.15) is 5.75 Å². The van der Waals surface area contributed by atoms with Crippen molar-refractivity contribution in [1.82, 2.24) is 0 Å². The maximum absolute atomic E-state index is 11.5. The molecule has 0 amide bonds. The van der Waals surface area contributed by atoms with Gasteiger partial charge in [0, 0.05) is 11.6 Å². The molecule has 0 fully saturated rings. The molecule has 3 nitrogen and oxygen atoms in total. The molecule has 0 heterocycles. The molecular formula is C11H10O3S. The summed E-state index contributed by atoms with van der Waals surface area (Å²) >= 11 is 0. The molecule has 0 aliphatic heterocycles. The fraction of sp³-hybridized carbons (Fsp3) is 0.0909. The van der Waals surface area contributed by atoms with Crippen LogP contribution in [0.1, 0.15) is 0 Å². The number of fused-ring (bicyclic) bond motifs is 1. The van der Waals surface area contributed by atoms with Crippen molar-refractivity contribution in [3.63, 3.8) is 0 Å². The van der Waals surface area contributed by atoms with Crippen LogP contribution in [0.25, 0.3) is 10.8 Å². The Morgan fingerprint density at radius 2 is 1.87 bits per heavy atom. The van der Waals surface area contributed by atoms with Crippen LogP contribution in [-0.4, -0.2) is 19.8 Å². The lowest BCUT2D eigenvalue weighted by molar-refractivity contribution is 0.476. The van der Waals surface area contributed by atoms with Gasteiger partial charge in [0.25, 0.3) is 0 Å². The van der Waals surface area contributed by atoms with E-state index in [2.05, 4.69) is 0 Å². The first-order valence-corrected chi connectivity index (χ1v) is 6.29. The van der Waals surface area contributed by atoms with Crippen LogP contribution in [0.15, 0.2) is 41.3 Å².